The number of nitrogens with two attached hydrogens (primary N) is 1. The lowest BCUT2D eigenvalue weighted by atomic mass is 10.1. The van der Waals surface area contributed by atoms with E-state index in [1.165, 1.54) is 18.2 Å². The van der Waals surface area contributed by atoms with Gasteiger partial charge in [0.25, 0.3) is 0 Å². The van der Waals surface area contributed by atoms with Crippen LogP contribution >= 0.6 is 11.6 Å². The van der Waals surface area contributed by atoms with Crippen LogP contribution < -0.4 is 5.73 Å². The highest BCUT2D eigenvalue weighted by Gasteiger charge is 2.30. The first-order chi connectivity index (χ1) is 7.80. The zero-order chi connectivity index (χ0) is 13.1. The maximum absolute atomic E-state index is 12.3. The maximum atomic E-state index is 12.3. The molecule has 2 N–H and O–H groups in total. The average molecular weight is 264 g/mol. The van der Waals surface area contributed by atoms with Gasteiger partial charge in [0.1, 0.15) is 0 Å². The SMILES string of the molecule is NC(=O)CC=Cc1ccc(C(F)(F)F)cc1Cl. The standard InChI is InChI=1S/C11H9ClF3NO/c12-9-6-8(11(13,14)15)5-4-7(9)2-1-3-10(16)17/h1-2,4-6H,3H2,(H2,16,17). The zero-order valence-corrected chi connectivity index (χ0v) is 9.35. The Morgan fingerprint density at radius 3 is 2.53 bits per heavy atom. The van der Waals surface area contributed by atoms with E-state index in [2.05, 4.69) is 0 Å². The van der Waals surface area contributed by atoms with Crippen LogP contribution in [0.25, 0.3) is 6.08 Å². The number of benzene rings is 1. The van der Waals surface area contributed by atoms with Crippen LogP contribution in [0.3, 0.4) is 0 Å². The monoisotopic (exact) mass is 263 g/mol. The Bertz CT molecular complexity index is 455. The van der Waals surface area contributed by atoms with Gasteiger partial charge >= 0.3 is 6.18 Å². The van der Waals surface area contributed by atoms with Crippen LogP contribution in [0.4, 0.5) is 13.2 Å². The topological polar surface area (TPSA) is 43.1 Å². The van der Waals surface area contributed by atoms with Crippen LogP contribution in [-0.2, 0) is 11.0 Å². The molecule has 17 heavy (non-hydrogen) atoms. The lowest BCUT2D eigenvalue weighted by molar-refractivity contribution is -0.137. The van der Waals surface area contributed by atoms with Crippen LogP contribution in [0.5, 0.6) is 0 Å². The number of hydrogen-bond acceptors (Lipinski definition) is 1. The van der Waals surface area contributed by atoms with Gasteiger partial charge in [0.05, 0.1) is 5.56 Å². The minimum Gasteiger partial charge on any atom is -0.369 e. The second-order valence-electron chi connectivity index (χ2n) is 3.31. The van der Waals surface area contributed by atoms with E-state index < -0.39 is 17.6 Å². The molecule has 0 bridgehead atoms. The molecule has 0 saturated heterocycles. The Morgan fingerprint density at radius 1 is 1.41 bits per heavy atom. The molecule has 92 valence electrons. The molecule has 1 aromatic rings. The molecule has 0 heterocycles. The van der Waals surface area contributed by atoms with Gasteiger partial charge in [-0.25, -0.2) is 0 Å². The van der Waals surface area contributed by atoms with Gasteiger partial charge < -0.3 is 5.73 Å². The van der Waals surface area contributed by atoms with E-state index in [0.29, 0.717) is 5.56 Å². The van der Waals surface area contributed by atoms with Gasteiger partial charge in [-0.15, -0.1) is 0 Å². The van der Waals surface area contributed by atoms with Gasteiger partial charge in [-0.3, -0.25) is 4.79 Å². The van der Waals surface area contributed by atoms with Crippen molar-refractivity contribution in [1.82, 2.24) is 0 Å². The predicted octanol–water partition coefficient (Wildman–Crippen LogP) is 3.25. The smallest absolute Gasteiger partial charge is 0.369 e. The first-order valence-electron chi connectivity index (χ1n) is 4.62. The van der Waals surface area contributed by atoms with E-state index in [1.54, 1.807) is 0 Å². The fraction of sp³-hybridized carbons (Fsp3) is 0.182. The summed E-state index contributed by atoms with van der Waals surface area (Å²) < 4.78 is 37.0. The van der Waals surface area contributed by atoms with Crippen molar-refractivity contribution in [2.24, 2.45) is 5.73 Å². The van der Waals surface area contributed by atoms with Crippen molar-refractivity contribution >= 4 is 23.6 Å². The first-order valence-corrected chi connectivity index (χ1v) is 5.00. The molecule has 0 aromatic heterocycles. The van der Waals surface area contributed by atoms with Gasteiger partial charge in [0, 0.05) is 11.4 Å². The average Bonchev–Trinajstić information content (AvgIpc) is 2.18. The third-order valence-electron chi connectivity index (χ3n) is 1.94. The van der Waals surface area contributed by atoms with E-state index in [4.69, 9.17) is 17.3 Å². The second-order valence-corrected chi connectivity index (χ2v) is 3.71. The summed E-state index contributed by atoms with van der Waals surface area (Å²) in [7, 11) is 0. The van der Waals surface area contributed by atoms with Gasteiger partial charge in [-0.1, -0.05) is 29.8 Å². The summed E-state index contributed by atoms with van der Waals surface area (Å²) in [5.74, 6) is -0.524. The third kappa shape index (κ3) is 4.11. The van der Waals surface area contributed by atoms with Gasteiger partial charge in [0.15, 0.2) is 0 Å². The number of alkyl halides is 3. The molecule has 0 aliphatic carbocycles. The molecule has 0 aliphatic rings. The van der Waals surface area contributed by atoms with Crippen molar-refractivity contribution in [2.45, 2.75) is 12.6 Å². The molecule has 0 aliphatic heterocycles. The van der Waals surface area contributed by atoms with Crippen LogP contribution in [0.1, 0.15) is 17.5 Å². The first kappa shape index (κ1) is 13.6. The number of primary amides is 1. The number of hydrogen-bond donors (Lipinski definition) is 1. The molecule has 0 spiro atoms. The highest BCUT2D eigenvalue weighted by molar-refractivity contribution is 6.32. The molecule has 0 atom stereocenters. The molecule has 0 saturated carbocycles. The van der Waals surface area contributed by atoms with Crippen LogP contribution in [-0.4, -0.2) is 5.91 Å². The van der Waals surface area contributed by atoms with Crippen molar-refractivity contribution < 1.29 is 18.0 Å². The third-order valence-corrected chi connectivity index (χ3v) is 2.27. The van der Waals surface area contributed by atoms with Crippen LogP contribution in [0, 0.1) is 0 Å². The Labute approximate surface area is 101 Å². The summed E-state index contributed by atoms with van der Waals surface area (Å²) in [6, 6.07) is 3.00. The fourth-order valence-corrected chi connectivity index (χ4v) is 1.38. The number of carbonyl (C=O) groups excluding carboxylic acids is 1. The fourth-order valence-electron chi connectivity index (χ4n) is 1.14. The normalized spacial score (nSPS) is 12.0. The van der Waals surface area contributed by atoms with Crippen molar-refractivity contribution in [3.63, 3.8) is 0 Å². The molecular formula is C11H9ClF3NO. The number of rotatable bonds is 3. The van der Waals surface area contributed by atoms with Crippen molar-refractivity contribution in [2.75, 3.05) is 0 Å². The minimum atomic E-state index is -4.42. The molecule has 1 aromatic carbocycles. The lowest BCUT2D eigenvalue weighted by Crippen LogP contribution is -2.07. The highest BCUT2D eigenvalue weighted by atomic mass is 35.5. The quantitative estimate of drug-likeness (QED) is 0.894. The number of carbonyl (C=O) groups is 1. The maximum Gasteiger partial charge on any atom is 0.416 e. The van der Waals surface area contributed by atoms with E-state index in [1.807, 2.05) is 0 Å². The molecule has 1 rings (SSSR count). The number of amides is 1. The Morgan fingerprint density at radius 2 is 2.06 bits per heavy atom. The summed E-state index contributed by atoms with van der Waals surface area (Å²) in [6.45, 7) is 0. The van der Waals surface area contributed by atoms with Gasteiger partial charge in [0.2, 0.25) is 5.91 Å². The predicted molar refractivity (Wildman–Crippen MR) is 59.3 cm³/mol. The summed E-state index contributed by atoms with van der Waals surface area (Å²) >= 11 is 5.68. The van der Waals surface area contributed by atoms with E-state index >= 15 is 0 Å². The lowest BCUT2D eigenvalue weighted by Gasteiger charge is -2.07. The molecule has 1 amide bonds. The minimum absolute atomic E-state index is 0.0113. The molecule has 0 radical (unpaired) electrons. The summed E-state index contributed by atoms with van der Waals surface area (Å²) in [4.78, 5) is 10.4. The summed E-state index contributed by atoms with van der Waals surface area (Å²) in [5.41, 5.74) is 4.50. The van der Waals surface area contributed by atoms with Gasteiger partial charge in [-0.2, -0.15) is 13.2 Å². The van der Waals surface area contributed by atoms with E-state index in [-0.39, 0.29) is 11.4 Å². The van der Waals surface area contributed by atoms with Crippen molar-refractivity contribution in [3.8, 4) is 0 Å². The summed E-state index contributed by atoms with van der Waals surface area (Å²) in [5, 5.41) is -0.0273. The number of halogens is 4. The molecule has 6 heteroatoms. The molecule has 2 nitrogen and oxygen atoms in total. The molecular weight excluding hydrogens is 255 g/mol. The zero-order valence-electron chi connectivity index (χ0n) is 8.59. The molecule has 0 unspecified atom stereocenters. The Kier molecular flexibility index (Phi) is 4.17. The van der Waals surface area contributed by atoms with Crippen molar-refractivity contribution in [3.05, 3.63) is 40.4 Å². The highest BCUT2D eigenvalue weighted by Crippen LogP contribution is 2.32. The Balaban J connectivity index is 2.91. The van der Waals surface area contributed by atoms with E-state index in [9.17, 15) is 18.0 Å². The largest absolute Gasteiger partial charge is 0.416 e. The van der Waals surface area contributed by atoms with Crippen molar-refractivity contribution in [1.29, 1.82) is 0 Å². The van der Waals surface area contributed by atoms with E-state index in [0.717, 1.165) is 12.1 Å². The second kappa shape index (κ2) is 5.23. The Hall–Kier alpha value is -1.49. The van der Waals surface area contributed by atoms with Crippen LogP contribution in [0.15, 0.2) is 24.3 Å². The van der Waals surface area contributed by atoms with Gasteiger partial charge in [-0.05, 0) is 17.7 Å². The van der Waals surface area contributed by atoms with Crippen LogP contribution in [0.2, 0.25) is 5.02 Å². The molecule has 0 fully saturated rings. The summed E-state index contributed by atoms with van der Waals surface area (Å²) in [6.07, 6.45) is -1.51.